The second kappa shape index (κ2) is 3.21. The van der Waals surface area contributed by atoms with E-state index in [0.29, 0.717) is 6.04 Å². The largest absolute Gasteiger partial charge is 0.399 e. The molecule has 0 saturated carbocycles. The number of benzene rings is 1. The van der Waals surface area contributed by atoms with Crippen molar-refractivity contribution in [3.63, 3.8) is 0 Å². The molecule has 0 bridgehead atoms. The Morgan fingerprint density at radius 1 is 1.46 bits per heavy atom. The van der Waals surface area contributed by atoms with Crippen LogP contribution in [0.1, 0.15) is 19.8 Å². The maximum atomic E-state index is 5.69. The molecule has 1 aromatic carbocycles. The molecule has 0 spiro atoms. The van der Waals surface area contributed by atoms with Gasteiger partial charge in [-0.05, 0) is 29.8 Å². The van der Waals surface area contributed by atoms with Gasteiger partial charge >= 0.3 is 0 Å². The first-order valence-electron chi connectivity index (χ1n) is 4.75. The van der Waals surface area contributed by atoms with E-state index in [4.69, 9.17) is 5.73 Å². The number of rotatable bonds is 2. The van der Waals surface area contributed by atoms with Crippen molar-refractivity contribution in [2.75, 3.05) is 5.73 Å². The fourth-order valence-corrected chi connectivity index (χ4v) is 1.69. The maximum absolute atomic E-state index is 5.69. The van der Waals surface area contributed by atoms with Gasteiger partial charge in [0.05, 0.1) is 11.4 Å². The quantitative estimate of drug-likeness (QED) is 0.663. The molecule has 13 heavy (non-hydrogen) atoms. The van der Waals surface area contributed by atoms with Gasteiger partial charge in [0.2, 0.25) is 0 Å². The van der Waals surface area contributed by atoms with Crippen LogP contribution in [-0.4, -0.2) is 6.04 Å². The van der Waals surface area contributed by atoms with Gasteiger partial charge in [-0.1, -0.05) is 19.4 Å². The molecule has 0 amide bonds. The fourth-order valence-electron chi connectivity index (χ4n) is 1.69. The van der Waals surface area contributed by atoms with Gasteiger partial charge in [-0.3, -0.25) is 4.99 Å². The van der Waals surface area contributed by atoms with E-state index in [1.807, 2.05) is 18.2 Å². The molecule has 1 unspecified atom stereocenters. The number of nitrogens with zero attached hydrogens (tertiary/aromatic N) is 1. The zero-order valence-electron chi connectivity index (χ0n) is 7.83. The summed E-state index contributed by atoms with van der Waals surface area (Å²) in [6.07, 6.45) is 4.51. The molecule has 2 nitrogen and oxygen atoms in total. The molecule has 0 aromatic heterocycles. The van der Waals surface area contributed by atoms with Crippen LogP contribution in [0.5, 0.6) is 0 Å². The molecular formula is C11H14N2. The molecule has 1 atom stereocenters. The van der Waals surface area contributed by atoms with Gasteiger partial charge in [-0.25, -0.2) is 0 Å². The molecule has 2 rings (SSSR count). The average Bonchev–Trinajstić information content (AvgIpc) is 2.46. The summed E-state index contributed by atoms with van der Waals surface area (Å²) in [5.41, 5.74) is 6.51. The third kappa shape index (κ3) is 1.57. The number of hydrogen-bond donors (Lipinski definition) is 1. The molecule has 2 heteroatoms. The summed E-state index contributed by atoms with van der Waals surface area (Å²) >= 11 is 0. The highest BCUT2D eigenvalue weighted by molar-refractivity contribution is 5.43. The number of nitrogen functional groups attached to an aromatic ring is 1. The minimum Gasteiger partial charge on any atom is -0.399 e. The van der Waals surface area contributed by atoms with Gasteiger partial charge in [0.15, 0.2) is 0 Å². The van der Waals surface area contributed by atoms with Crippen molar-refractivity contribution in [3.8, 4) is 0 Å². The van der Waals surface area contributed by atoms with E-state index in [9.17, 15) is 0 Å². The number of nitrogens with two attached hydrogens (primary N) is 1. The first-order chi connectivity index (χ1) is 6.29. The van der Waals surface area contributed by atoms with E-state index in [1.165, 1.54) is 11.6 Å². The Labute approximate surface area is 77.8 Å². The SMILES string of the molecule is CCCC1C=c2cc(N)ccc2=N1. The van der Waals surface area contributed by atoms with Crippen molar-refractivity contribution >= 4 is 11.8 Å². The van der Waals surface area contributed by atoms with Crippen molar-refractivity contribution in [2.24, 2.45) is 4.99 Å². The van der Waals surface area contributed by atoms with Gasteiger partial charge < -0.3 is 5.73 Å². The van der Waals surface area contributed by atoms with Crippen LogP contribution in [-0.2, 0) is 0 Å². The molecule has 2 N–H and O–H groups in total. The average molecular weight is 174 g/mol. The minimum atomic E-state index is 0.377. The van der Waals surface area contributed by atoms with Crippen LogP contribution >= 0.6 is 0 Å². The van der Waals surface area contributed by atoms with Crippen LogP contribution in [0.4, 0.5) is 5.69 Å². The summed E-state index contributed by atoms with van der Waals surface area (Å²) in [4.78, 5) is 4.57. The lowest BCUT2D eigenvalue weighted by atomic mass is 10.1. The summed E-state index contributed by atoms with van der Waals surface area (Å²) in [5, 5.41) is 2.28. The monoisotopic (exact) mass is 174 g/mol. The zero-order valence-corrected chi connectivity index (χ0v) is 7.83. The molecule has 68 valence electrons. The van der Waals surface area contributed by atoms with Crippen LogP contribution in [0, 0.1) is 0 Å². The lowest BCUT2D eigenvalue weighted by Crippen LogP contribution is -2.20. The van der Waals surface area contributed by atoms with Crippen molar-refractivity contribution in [2.45, 2.75) is 25.8 Å². The van der Waals surface area contributed by atoms with E-state index in [2.05, 4.69) is 18.0 Å². The molecular weight excluding hydrogens is 160 g/mol. The van der Waals surface area contributed by atoms with E-state index >= 15 is 0 Å². The van der Waals surface area contributed by atoms with Gasteiger partial charge in [-0.15, -0.1) is 0 Å². The van der Waals surface area contributed by atoms with Crippen LogP contribution < -0.4 is 16.3 Å². The third-order valence-electron chi connectivity index (χ3n) is 2.31. The molecule has 1 heterocycles. The highest BCUT2D eigenvalue weighted by atomic mass is 14.8. The second-order valence-corrected chi connectivity index (χ2v) is 3.47. The summed E-state index contributed by atoms with van der Waals surface area (Å²) in [5.74, 6) is 0. The Kier molecular flexibility index (Phi) is 2.05. The van der Waals surface area contributed by atoms with Crippen LogP contribution in [0.3, 0.4) is 0 Å². The number of anilines is 1. The second-order valence-electron chi connectivity index (χ2n) is 3.47. The van der Waals surface area contributed by atoms with Crippen LogP contribution in [0.2, 0.25) is 0 Å². The highest BCUT2D eigenvalue weighted by Gasteiger charge is 2.06. The van der Waals surface area contributed by atoms with Gasteiger partial charge in [0.1, 0.15) is 0 Å². The predicted molar refractivity (Wildman–Crippen MR) is 54.8 cm³/mol. The zero-order chi connectivity index (χ0) is 9.26. The summed E-state index contributed by atoms with van der Waals surface area (Å²) in [7, 11) is 0. The van der Waals surface area contributed by atoms with Crippen LogP contribution in [0.25, 0.3) is 6.08 Å². The molecule has 1 aliphatic heterocycles. The molecule has 0 aliphatic carbocycles. The smallest absolute Gasteiger partial charge is 0.0696 e. The Balaban J connectivity index is 2.43. The van der Waals surface area contributed by atoms with Crippen molar-refractivity contribution in [1.82, 2.24) is 0 Å². The Morgan fingerprint density at radius 2 is 2.31 bits per heavy atom. The molecule has 1 aliphatic rings. The third-order valence-corrected chi connectivity index (χ3v) is 2.31. The lowest BCUT2D eigenvalue weighted by molar-refractivity contribution is 0.726. The van der Waals surface area contributed by atoms with Crippen molar-refractivity contribution in [3.05, 3.63) is 28.8 Å². The molecule has 0 saturated heterocycles. The first-order valence-corrected chi connectivity index (χ1v) is 4.75. The first kappa shape index (κ1) is 8.30. The van der Waals surface area contributed by atoms with Crippen LogP contribution in [0.15, 0.2) is 23.2 Å². The summed E-state index contributed by atoms with van der Waals surface area (Å²) < 4.78 is 0. The van der Waals surface area contributed by atoms with E-state index < -0.39 is 0 Å². The topological polar surface area (TPSA) is 38.4 Å². The number of fused-ring (bicyclic) bond motifs is 1. The normalized spacial score (nSPS) is 19.0. The molecule has 0 fully saturated rings. The molecule has 0 radical (unpaired) electrons. The fraction of sp³-hybridized carbons (Fsp3) is 0.364. The Bertz CT molecular complexity index is 420. The summed E-state index contributed by atoms with van der Waals surface area (Å²) in [6.45, 7) is 2.18. The Morgan fingerprint density at radius 3 is 3.08 bits per heavy atom. The number of hydrogen-bond acceptors (Lipinski definition) is 2. The van der Waals surface area contributed by atoms with Gasteiger partial charge in [0.25, 0.3) is 0 Å². The lowest BCUT2D eigenvalue weighted by Gasteiger charge is -1.98. The van der Waals surface area contributed by atoms with Crippen molar-refractivity contribution in [1.29, 1.82) is 0 Å². The molecule has 1 aromatic rings. The van der Waals surface area contributed by atoms with Crippen molar-refractivity contribution < 1.29 is 0 Å². The Hall–Kier alpha value is -1.31. The van der Waals surface area contributed by atoms with E-state index in [1.54, 1.807) is 0 Å². The van der Waals surface area contributed by atoms with E-state index in [-0.39, 0.29) is 0 Å². The maximum Gasteiger partial charge on any atom is 0.0696 e. The van der Waals surface area contributed by atoms with Gasteiger partial charge in [-0.2, -0.15) is 0 Å². The summed E-state index contributed by atoms with van der Waals surface area (Å²) in [6, 6.07) is 6.28. The standard InChI is InChI=1S/C11H14N2/c1-2-3-10-7-8-6-9(12)4-5-11(8)13-10/h4-7,10H,2-3,12H2,1H3. The highest BCUT2D eigenvalue weighted by Crippen LogP contribution is 2.05. The van der Waals surface area contributed by atoms with E-state index in [0.717, 1.165) is 17.5 Å². The predicted octanol–water partition coefficient (Wildman–Crippen LogP) is 0.851. The minimum absolute atomic E-state index is 0.377. The van der Waals surface area contributed by atoms with Gasteiger partial charge in [0, 0.05) is 5.69 Å².